The van der Waals surface area contributed by atoms with Crippen LogP contribution in [0.5, 0.6) is 0 Å². The molecule has 0 fully saturated rings. The summed E-state index contributed by atoms with van der Waals surface area (Å²) >= 11 is 12.4. The molecule has 1 aliphatic rings. The van der Waals surface area contributed by atoms with Crippen molar-refractivity contribution in [3.63, 3.8) is 0 Å². The lowest BCUT2D eigenvalue weighted by Crippen LogP contribution is -2.33. The van der Waals surface area contributed by atoms with Gasteiger partial charge in [-0.2, -0.15) is 5.10 Å². The number of amides is 1. The summed E-state index contributed by atoms with van der Waals surface area (Å²) in [5, 5.41) is 7.09. The number of anilines is 1. The van der Waals surface area contributed by atoms with E-state index in [2.05, 4.69) is 5.10 Å². The standard InChI is InChI=1S/C18H17Cl2N3O/c1-10-7-13-8-16(19)17(20)9-15(13)18(22-23(10)11(2)24)12-3-5-14(21)6-4-12/h3-6,8-10H,7,21H2,1-2H3. The number of halogens is 2. The molecule has 0 saturated carbocycles. The van der Waals surface area contributed by atoms with Gasteiger partial charge in [-0.25, -0.2) is 5.01 Å². The van der Waals surface area contributed by atoms with Gasteiger partial charge in [0, 0.05) is 23.7 Å². The van der Waals surface area contributed by atoms with E-state index in [-0.39, 0.29) is 11.9 Å². The third kappa shape index (κ3) is 3.12. The van der Waals surface area contributed by atoms with E-state index in [0.29, 0.717) is 27.9 Å². The van der Waals surface area contributed by atoms with E-state index in [1.54, 1.807) is 0 Å². The summed E-state index contributed by atoms with van der Waals surface area (Å²) in [6, 6.07) is 11.0. The Morgan fingerprint density at radius 2 is 1.83 bits per heavy atom. The highest BCUT2D eigenvalue weighted by Gasteiger charge is 2.26. The predicted octanol–water partition coefficient (Wildman–Crippen LogP) is 4.12. The van der Waals surface area contributed by atoms with Crippen molar-refractivity contribution < 1.29 is 4.79 Å². The predicted molar refractivity (Wildman–Crippen MR) is 98.6 cm³/mol. The zero-order chi connectivity index (χ0) is 17.4. The van der Waals surface area contributed by atoms with E-state index in [9.17, 15) is 4.79 Å². The van der Waals surface area contributed by atoms with E-state index in [1.165, 1.54) is 11.9 Å². The highest BCUT2D eigenvalue weighted by atomic mass is 35.5. The van der Waals surface area contributed by atoms with Crippen molar-refractivity contribution >= 4 is 40.5 Å². The van der Waals surface area contributed by atoms with Crippen molar-refractivity contribution in [3.8, 4) is 0 Å². The maximum Gasteiger partial charge on any atom is 0.239 e. The average molecular weight is 362 g/mol. The van der Waals surface area contributed by atoms with Crippen LogP contribution in [0.25, 0.3) is 0 Å². The minimum atomic E-state index is -0.111. The number of benzene rings is 2. The molecule has 1 aliphatic heterocycles. The highest BCUT2D eigenvalue weighted by molar-refractivity contribution is 6.42. The second-order valence-corrected chi connectivity index (χ2v) is 6.73. The highest BCUT2D eigenvalue weighted by Crippen LogP contribution is 2.31. The molecule has 0 spiro atoms. The summed E-state index contributed by atoms with van der Waals surface area (Å²) < 4.78 is 0. The van der Waals surface area contributed by atoms with Gasteiger partial charge in [0.05, 0.1) is 21.8 Å². The molecule has 4 nitrogen and oxygen atoms in total. The third-order valence-electron chi connectivity index (χ3n) is 4.05. The Morgan fingerprint density at radius 1 is 1.21 bits per heavy atom. The fraction of sp³-hybridized carbons (Fsp3) is 0.222. The number of rotatable bonds is 1. The normalized spacial score (nSPS) is 17.1. The number of nitrogens with two attached hydrogens (primary N) is 1. The van der Waals surface area contributed by atoms with Gasteiger partial charge in [0.1, 0.15) is 0 Å². The van der Waals surface area contributed by atoms with Gasteiger partial charge in [0.25, 0.3) is 0 Å². The zero-order valence-corrected chi connectivity index (χ0v) is 14.9. The molecular formula is C18H17Cl2N3O. The molecule has 124 valence electrons. The van der Waals surface area contributed by atoms with Gasteiger partial charge in [-0.1, -0.05) is 35.3 Å². The van der Waals surface area contributed by atoms with Crippen LogP contribution in [-0.2, 0) is 11.2 Å². The van der Waals surface area contributed by atoms with Gasteiger partial charge in [0.2, 0.25) is 5.91 Å². The number of nitrogens with zero attached hydrogens (tertiary/aromatic N) is 2. The number of fused-ring (bicyclic) bond motifs is 1. The zero-order valence-electron chi connectivity index (χ0n) is 13.4. The lowest BCUT2D eigenvalue weighted by molar-refractivity contribution is -0.130. The summed E-state index contributed by atoms with van der Waals surface area (Å²) in [4.78, 5) is 12.0. The van der Waals surface area contributed by atoms with Crippen molar-refractivity contribution in [3.05, 3.63) is 63.1 Å². The van der Waals surface area contributed by atoms with E-state index >= 15 is 0 Å². The van der Waals surface area contributed by atoms with Crippen LogP contribution in [0.1, 0.15) is 30.5 Å². The topological polar surface area (TPSA) is 58.7 Å². The Hall–Kier alpha value is -2.04. The number of hydrogen-bond acceptors (Lipinski definition) is 3. The Bertz CT molecular complexity index is 831. The van der Waals surface area contributed by atoms with Crippen LogP contribution in [0.2, 0.25) is 10.0 Å². The molecule has 1 heterocycles. The summed E-state index contributed by atoms with van der Waals surface area (Å²) in [6.07, 6.45) is 0.647. The van der Waals surface area contributed by atoms with Gasteiger partial charge in [0.15, 0.2) is 0 Å². The molecule has 1 atom stereocenters. The Labute approximate surface area is 150 Å². The Morgan fingerprint density at radius 3 is 2.46 bits per heavy atom. The van der Waals surface area contributed by atoms with Crippen LogP contribution in [-0.4, -0.2) is 22.7 Å². The number of hydrogen-bond donors (Lipinski definition) is 1. The molecule has 24 heavy (non-hydrogen) atoms. The number of hydrazone groups is 1. The first-order valence-corrected chi connectivity index (χ1v) is 8.35. The minimum Gasteiger partial charge on any atom is -0.399 e. The van der Waals surface area contributed by atoms with Crippen LogP contribution >= 0.6 is 23.2 Å². The maximum absolute atomic E-state index is 12.0. The van der Waals surface area contributed by atoms with Crippen molar-refractivity contribution in [1.29, 1.82) is 0 Å². The van der Waals surface area contributed by atoms with E-state index in [4.69, 9.17) is 28.9 Å². The lowest BCUT2D eigenvalue weighted by atomic mass is 9.94. The van der Waals surface area contributed by atoms with Crippen molar-refractivity contribution in [2.45, 2.75) is 26.3 Å². The Kier molecular flexibility index (Phi) is 4.52. The molecular weight excluding hydrogens is 345 g/mol. The molecule has 1 unspecified atom stereocenters. The first-order chi connectivity index (χ1) is 11.4. The number of carbonyl (C=O) groups is 1. The quantitative estimate of drug-likeness (QED) is 0.776. The first kappa shape index (κ1) is 16.8. The summed E-state index contributed by atoms with van der Waals surface area (Å²) in [6.45, 7) is 3.47. The van der Waals surface area contributed by atoms with Crippen LogP contribution in [0.4, 0.5) is 5.69 Å². The van der Waals surface area contributed by atoms with Crippen LogP contribution < -0.4 is 5.73 Å². The minimum absolute atomic E-state index is 0.0789. The van der Waals surface area contributed by atoms with Gasteiger partial charge < -0.3 is 5.73 Å². The van der Waals surface area contributed by atoms with E-state index in [1.807, 2.05) is 43.3 Å². The second kappa shape index (κ2) is 6.46. The summed E-state index contributed by atoms with van der Waals surface area (Å²) in [5.74, 6) is -0.111. The van der Waals surface area contributed by atoms with Crippen LogP contribution in [0, 0.1) is 0 Å². The van der Waals surface area contributed by atoms with Gasteiger partial charge >= 0.3 is 0 Å². The van der Waals surface area contributed by atoms with Crippen molar-refractivity contribution in [1.82, 2.24) is 5.01 Å². The van der Waals surface area contributed by atoms with Crippen LogP contribution in [0.3, 0.4) is 0 Å². The van der Waals surface area contributed by atoms with Crippen molar-refractivity contribution in [2.24, 2.45) is 5.10 Å². The largest absolute Gasteiger partial charge is 0.399 e. The summed E-state index contributed by atoms with van der Waals surface area (Å²) in [5.41, 5.74) is 9.88. The van der Waals surface area contributed by atoms with Gasteiger partial charge in [-0.3, -0.25) is 4.79 Å². The Balaban J connectivity index is 2.24. The molecule has 0 radical (unpaired) electrons. The second-order valence-electron chi connectivity index (χ2n) is 5.91. The fourth-order valence-corrected chi connectivity index (χ4v) is 3.23. The molecule has 0 aromatic heterocycles. The molecule has 0 bridgehead atoms. The SMILES string of the molecule is CC(=O)N1N=C(c2ccc(N)cc2)c2cc(Cl)c(Cl)cc2CC1C. The molecule has 3 rings (SSSR count). The monoisotopic (exact) mass is 361 g/mol. The van der Waals surface area contributed by atoms with Crippen molar-refractivity contribution in [2.75, 3.05) is 5.73 Å². The number of carbonyl (C=O) groups excluding carboxylic acids is 1. The van der Waals surface area contributed by atoms with E-state index in [0.717, 1.165) is 16.7 Å². The summed E-state index contributed by atoms with van der Waals surface area (Å²) in [7, 11) is 0. The van der Waals surface area contributed by atoms with Gasteiger partial charge in [-0.05, 0) is 43.2 Å². The number of nitrogen functional groups attached to an aromatic ring is 1. The molecule has 2 N–H and O–H groups in total. The average Bonchev–Trinajstić information content (AvgIpc) is 2.65. The molecule has 2 aromatic carbocycles. The molecule has 2 aromatic rings. The smallest absolute Gasteiger partial charge is 0.239 e. The molecule has 0 aliphatic carbocycles. The third-order valence-corrected chi connectivity index (χ3v) is 4.77. The van der Waals surface area contributed by atoms with Crippen LogP contribution in [0.15, 0.2) is 41.5 Å². The first-order valence-electron chi connectivity index (χ1n) is 7.59. The molecule has 1 amide bonds. The maximum atomic E-state index is 12.0. The fourth-order valence-electron chi connectivity index (χ4n) is 2.88. The van der Waals surface area contributed by atoms with E-state index < -0.39 is 0 Å². The molecule has 6 heteroatoms. The molecule has 0 saturated heterocycles. The van der Waals surface area contributed by atoms with Gasteiger partial charge in [-0.15, -0.1) is 0 Å². The lowest BCUT2D eigenvalue weighted by Gasteiger charge is -2.21.